The van der Waals surface area contributed by atoms with Crippen molar-refractivity contribution >= 4 is 17.9 Å². The monoisotopic (exact) mass is 582 g/mol. The van der Waals surface area contributed by atoms with Gasteiger partial charge in [0, 0.05) is 0 Å². The van der Waals surface area contributed by atoms with Crippen molar-refractivity contribution in [2.45, 2.75) is 0 Å². The van der Waals surface area contributed by atoms with Gasteiger partial charge in [-0.25, -0.2) is 0 Å². The van der Waals surface area contributed by atoms with Gasteiger partial charge in [0.25, 0.3) is 0 Å². The van der Waals surface area contributed by atoms with Gasteiger partial charge < -0.3 is 0 Å². The maximum atomic E-state index is 14.5. The first-order valence-electron chi connectivity index (χ1n) is 8.57. The van der Waals surface area contributed by atoms with E-state index in [-0.39, 0.29) is 0 Å². The summed E-state index contributed by atoms with van der Waals surface area (Å²) in [4.78, 5) is 21.4. The zero-order valence-corrected chi connectivity index (χ0v) is 17.3. The molecular weight excluding hydrogens is 580 g/mol. The number of benzene rings is 3. The predicted octanol–water partition coefficient (Wildman–Crippen LogP) is 5.09. The predicted molar refractivity (Wildman–Crippen MR) is 89.9 cm³/mol. The molecule has 3 nitrogen and oxygen atoms in total. The molecule has 2 N–H and O–H groups in total. The van der Waals surface area contributed by atoms with Gasteiger partial charge in [0.15, 0.2) is 0 Å². The molecule has 37 heavy (non-hydrogen) atoms. The molecule has 0 amide bonds. The van der Waals surface area contributed by atoms with E-state index in [4.69, 9.17) is 0 Å². The van der Waals surface area contributed by atoms with Gasteiger partial charge >= 0.3 is 191 Å². The van der Waals surface area contributed by atoms with Crippen LogP contribution in [0.5, 0.6) is 5.75 Å². The first-order valence-corrected chi connectivity index (χ1v) is 10.6. The van der Waals surface area contributed by atoms with Gasteiger partial charge in [-0.05, 0) is 0 Å². The topological polar surface area (TPSA) is 49.7 Å². The molecule has 0 aromatic heterocycles. The van der Waals surface area contributed by atoms with E-state index in [1.54, 1.807) is 0 Å². The van der Waals surface area contributed by atoms with Gasteiger partial charge in [-0.2, -0.15) is 0 Å². The van der Waals surface area contributed by atoms with Crippen LogP contribution in [0.4, 0.5) is 65.9 Å². The molecule has 0 saturated heterocycles. The summed E-state index contributed by atoms with van der Waals surface area (Å²) in [6, 6.07) is 0. The normalized spacial score (nSPS) is 13.1. The summed E-state index contributed by atoms with van der Waals surface area (Å²) in [5, 5.41) is -6.79. The van der Waals surface area contributed by atoms with E-state index in [1.807, 2.05) is 0 Å². The van der Waals surface area contributed by atoms with E-state index in [9.17, 15) is 75.6 Å². The third-order valence-corrected chi connectivity index (χ3v) is 7.54. The fourth-order valence-electron chi connectivity index (χ4n) is 2.94. The van der Waals surface area contributed by atoms with E-state index in [2.05, 4.69) is 4.52 Å². The van der Waals surface area contributed by atoms with Crippen LogP contribution in [-0.4, -0.2) is 9.79 Å². The molecular formula is C18H2F15O3P. The Balaban J connectivity index is 2.68. The minimum atomic E-state index is -8.97. The fourth-order valence-corrected chi connectivity index (χ4v) is 5.66. The molecule has 3 aromatic rings. The first-order chi connectivity index (χ1) is 16.8. The number of rotatable bonds is 4. The zero-order chi connectivity index (χ0) is 28.5. The molecule has 0 fully saturated rings. The first kappa shape index (κ1) is 28.3. The molecule has 3 rings (SSSR count). The molecule has 0 unspecified atom stereocenters. The molecule has 0 aliphatic heterocycles. The van der Waals surface area contributed by atoms with Crippen molar-refractivity contribution in [1.29, 1.82) is 0 Å². The quantitative estimate of drug-likeness (QED) is 0.195. The van der Waals surface area contributed by atoms with E-state index < -0.39 is 111 Å². The van der Waals surface area contributed by atoms with Crippen LogP contribution >= 0.6 is 7.28 Å². The third kappa shape index (κ3) is 3.76. The summed E-state index contributed by atoms with van der Waals surface area (Å²) < 4.78 is 212. The van der Waals surface area contributed by atoms with Crippen LogP contribution in [0.15, 0.2) is 0 Å². The van der Waals surface area contributed by atoms with Crippen LogP contribution in [0.2, 0.25) is 0 Å². The van der Waals surface area contributed by atoms with Crippen molar-refractivity contribution in [2.24, 2.45) is 0 Å². The van der Waals surface area contributed by atoms with Crippen molar-refractivity contribution in [3.05, 3.63) is 87.3 Å². The third-order valence-electron chi connectivity index (χ3n) is 4.61. The Bertz CT molecular complexity index is 1350. The standard InChI is InChI=1S/C18H2F15O3P/c19-1-4(22)10(28)16(11(29)5(1)23)36-37(34,35,17-12(30)6(24)2(20)7(25)13(17)31)18-14(32)8(26)3(21)9(27)15(18)33/h34-35H. The van der Waals surface area contributed by atoms with Crippen LogP contribution < -0.4 is 15.1 Å². The van der Waals surface area contributed by atoms with E-state index in [1.165, 1.54) is 0 Å². The molecule has 0 aliphatic carbocycles. The zero-order valence-electron chi connectivity index (χ0n) is 16.4. The number of hydrogen-bond acceptors (Lipinski definition) is 3. The van der Waals surface area contributed by atoms with Crippen molar-refractivity contribution in [1.82, 2.24) is 0 Å². The molecule has 3 aromatic carbocycles. The van der Waals surface area contributed by atoms with Crippen LogP contribution in [0.1, 0.15) is 0 Å². The fraction of sp³-hybridized carbons (Fsp3) is 0. The average Bonchev–Trinajstić information content (AvgIpc) is 2.84. The SMILES string of the molecule is OP(O)(Oc1c(F)c(F)c(F)c(F)c1F)(c1c(F)c(F)c(F)c(F)c1F)c1c(F)c(F)c(F)c(F)c1F. The minimum absolute atomic E-state index is 3.01. The summed E-state index contributed by atoms with van der Waals surface area (Å²) in [5.41, 5.74) is 0. The van der Waals surface area contributed by atoms with Gasteiger partial charge in [-0.15, -0.1) is 0 Å². The van der Waals surface area contributed by atoms with E-state index in [0.29, 0.717) is 0 Å². The second-order valence-electron chi connectivity index (χ2n) is 6.77. The summed E-state index contributed by atoms with van der Waals surface area (Å²) >= 11 is 0. The Labute approximate surface area is 192 Å². The Kier molecular flexibility index (Phi) is 6.63. The van der Waals surface area contributed by atoms with Gasteiger partial charge in [0.1, 0.15) is 0 Å². The second kappa shape index (κ2) is 8.66. The molecule has 0 aliphatic rings. The molecule has 0 spiro atoms. The van der Waals surface area contributed by atoms with Gasteiger partial charge in [0.2, 0.25) is 0 Å². The molecule has 0 heterocycles. The average molecular weight is 582 g/mol. The molecule has 0 bridgehead atoms. The summed E-state index contributed by atoms with van der Waals surface area (Å²) in [7, 11) is -8.97. The molecule has 202 valence electrons. The van der Waals surface area contributed by atoms with Crippen molar-refractivity contribution < 1.29 is 80.2 Å². The summed E-state index contributed by atoms with van der Waals surface area (Å²) in [5.74, 6) is -52.0. The molecule has 0 saturated carbocycles. The summed E-state index contributed by atoms with van der Waals surface area (Å²) in [6.07, 6.45) is 0. The number of hydrogen-bond donors (Lipinski definition) is 2. The van der Waals surface area contributed by atoms with Crippen LogP contribution in [0.25, 0.3) is 0 Å². The van der Waals surface area contributed by atoms with Crippen molar-refractivity contribution in [3.8, 4) is 5.75 Å². The van der Waals surface area contributed by atoms with Crippen LogP contribution in [0.3, 0.4) is 0 Å². The maximum absolute atomic E-state index is 14.5. The number of halogens is 15. The van der Waals surface area contributed by atoms with Crippen molar-refractivity contribution in [3.63, 3.8) is 0 Å². The Hall–Kier alpha value is -3.24. The molecule has 19 heteroatoms. The van der Waals surface area contributed by atoms with Gasteiger partial charge in [-0.1, -0.05) is 0 Å². The van der Waals surface area contributed by atoms with E-state index >= 15 is 0 Å². The van der Waals surface area contributed by atoms with Gasteiger partial charge in [0.05, 0.1) is 0 Å². The second-order valence-corrected chi connectivity index (χ2v) is 9.75. The molecule has 0 radical (unpaired) electrons. The summed E-state index contributed by atoms with van der Waals surface area (Å²) in [6.45, 7) is 0. The van der Waals surface area contributed by atoms with Crippen LogP contribution in [0, 0.1) is 87.3 Å². The van der Waals surface area contributed by atoms with Crippen LogP contribution in [-0.2, 0) is 0 Å². The van der Waals surface area contributed by atoms with Gasteiger partial charge in [-0.3, -0.25) is 0 Å². The Morgan fingerprint density at radius 3 is 0.757 bits per heavy atom. The Morgan fingerprint density at radius 2 is 0.514 bits per heavy atom. The Morgan fingerprint density at radius 1 is 0.324 bits per heavy atom. The van der Waals surface area contributed by atoms with Crippen molar-refractivity contribution in [2.75, 3.05) is 0 Å². The van der Waals surface area contributed by atoms with E-state index in [0.717, 1.165) is 0 Å². The molecule has 0 atom stereocenters.